The van der Waals surface area contributed by atoms with Crippen LogP contribution in [0.2, 0.25) is 0 Å². The molecule has 1 atom stereocenters. The Morgan fingerprint density at radius 2 is 1.86 bits per heavy atom. The molecular weight excluding hydrogens is 192 g/mol. The van der Waals surface area contributed by atoms with Gasteiger partial charge in [-0.1, -0.05) is 0 Å². The molecule has 1 unspecified atom stereocenters. The van der Waals surface area contributed by atoms with Crippen molar-refractivity contribution in [2.45, 2.75) is 24.1 Å². The average Bonchev–Trinajstić information content (AvgIpc) is 2.01. The van der Waals surface area contributed by atoms with Crippen LogP contribution in [0.4, 0.5) is 0 Å². The van der Waals surface area contributed by atoms with Crippen molar-refractivity contribution in [2.24, 2.45) is 0 Å². The first kappa shape index (κ1) is 11.4. The number of ether oxygens (including phenoxy) is 2. The molecule has 0 saturated heterocycles. The van der Waals surface area contributed by atoms with Crippen molar-refractivity contribution in [3.63, 3.8) is 0 Å². The van der Waals surface area contributed by atoms with Crippen molar-refractivity contribution < 1.29 is 29.9 Å². The molecule has 14 heavy (non-hydrogen) atoms. The van der Waals surface area contributed by atoms with Crippen LogP contribution in [0.25, 0.3) is 0 Å². The van der Waals surface area contributed by atoms with Gasteiger partial charge < -0.3 is 29.9 Å². The lowest BCUT2D eigenvalue weighted by Gasteiger charge is -2.38. The summed E-state index contributed by atoms with van der Waals surface area (Å²) < 4.78 is 9.44. The second-order valence-corrected chi connectivity index (χ2v) is 3.26. The van der Waals surface area contributed by atoms with Crippen molar-refractivity contribution in [3.05, 3.63) is 11.8 Å². The zero-order valence-corrected chi connectivity index (χ0v) is 7.97. The Labute approximate surface area is 81.0 Å². The van der Waals surface area contributed by atoms with Gasteiger partial charge in [0.15, 0.2) is 11.5 Å². The molecule has 0 aromatic carbocycles. The van der Waals surface area contributed by atoms with Gasteiger partial charge >= 0.3 is 0 Å². The Bertz CT molecular complexity index is 244. The molecule has 1 rings (SSSR count). The van der Waals surface area contributed by atoms with Crippen LogP contribution in [-0.2, 0) is 9.47 Å². The molecule has 0 spiro atoms. The van der Waals surface area contributed by atoms with E-state index in [0.29, 0.717) is 0 Å². The molecule has 1 aliphatic carbocycles. The van der Waals surface area contributed by atoms with Gasteiger partial charge in [-0.15, -0.1) is 0 Å². The third-order valence-electron chi connectivity index (χ3n) is 2.13. The monoisotopic (exact) mass is 206 g/mol. The lowest BCUT2D eigenvalue weighted by atomic mass is 9.91. The quantitative estimate of drug-likeness (QED) is 0.402. The number of hydrogen-bond acceptors (Lipinski definition) is 6. The maximum absolute atomic E-state index is 9.39. The summed E-state index contributed by atoms with van der Waals surface area (Å²) in [6.45, 7) is 0. The first-order valence-electron chi connectivity index (χ1n) is 4.02. The maximum Gasteiger partial charge on any atom is 0.227 e. The maximum atomic E-state index is 9.39. The Hall–Kier alpha value is -0.660. The van der Waals surface area contributed by atoms with Crippen molar-refractivity contribution >= 4 is 0 Å². The van der Waals surface area contributed by atoms with Gasteiger partial charge in [-0.25, -0.2) is 0 Å². The largest absolute Gasteiger partial charge is 0.496 e. The van der Waals surface area contributed by atoms with E-state index in [9.17, 15) is 20.4 Å². The van der Waals surface area contributed by atoms with Gasteiger partial charge in [0.1, 0.15) is 6.10 Å². The zero-order valence-electron chi connectivity index (χ0n) is 7.97. The van der Waals surface area contributed by atoms with Crippen LogP contribution in [0.5, 0.6) is 0 Å². The molecule has 0 fully saturated rings. The predicted octanol–water partition coefficient (Wildman–Crippen LogP) is -1.70. The van der Waals surface area contributed by atoms with E-state index in [0.717, 1.165) is 6.08 Å². The highest BCUT2D eigenvalue weighted by molar-refractivity contribution is 5.16. The van der Waals surface area contributed by atoms with E-state index >= 15 is 0 Å². The van der Waals surface area contributed by atoms with Crippen molar-refractivity contribution in [1.82, 2.24) is 0 Å². The molecule has 82 valence electrons. The summed E-state index contributed by atoms with van der Waals surface area (Å²) in [7, 11) is 2.53. The predicted molar refractivity (Wildman–Crippen MR) is 44.8 cm³/mol. The fourth-order valence-corrected chi connectivity index (χ4v) is 1.44. The number of aliphatic hydroxyl groups is 4. The molecule has 0 bridgehead atoms. The number of hydrogen-bond donors (Lipinski definition) is 4. The summed E-state index contributed by atoms with van der Waals surface area (Å²) in [5.74, 6) is -4.86. The molecule has 0 radical (unpaired) electrons. The molecule has 6 nitrogen and oxygen atoms in total. The topological polar surface area (TPSA) is 99.4 Å². The summed E-state index contributed by atoms with van der Waals surface area (Å²) in [6, 6.07) is 0. The Morgan fingerprint density at radius 1 is 1.29 bits per heavy atom. The van der Waals surface area contributed by atoms with Crippen LogP contribution in [0.1, 0.15) is 6.42 Å². The second kappa shape index (κ2) is 3.48. The Morgan fingerprint density at radius 3 is 2.29 bits per heavy atom. The lowest BCUT2D eigenvalue weighted by Crippen LogP contribution is -2.54. The fourth-order valence-electron chi connectivity index (χ4n) is 1.44. The van der Waals surface area contributed by atoms with Crippen LogP contribution in [0.15, 0.2) is 11.8 Å². The third-order valence-corrected chi connectivity index (χ3v) is 2.13. The van der Waals surface area contributed by atoms with E-state index in [1.165, 1.54) is 14.2 Å². The van der Waals surface area contributed by atoms with E-state index in [4.69, 9.17) is 9.47 Å². The smallest absolute Gasteiger partial charge is 0.227 e. The Kier molecular flexibility index (Phi) is 2.84. The normalized spacial score (nSPS) is 29.6. The summed E-state index contributed by atoms with van der Waals surface area (Å²) in [5, 5.41) is 37.5. The fraction of sp³-hybridized carbons (Fsp3) is 0.750. The van der Waals surface area contributed by atoms with Crippen LogP contribution in [0.3, 0.4) is 0 Å². The van der Waals surface area contributed by atoms with E-state index in [1.54, 1.807) is 0 Å². The highest BCUT2D eigenvalue weighted by atomic mass is 16.6. The van der Waals surface area contributed by atoms with Crippen molar-refractivity contribution in [1.29, 1.82) is 0 Å². The van der Waals surface area contributed by atoms with Crippen molar-refractivity contribution in [3.8, 4) is 0 Å². The zero-order chi connectivity index (χ0) is 11.0. The minimum atomic E-state index is -2.38. The molecule has 0 heterocycles. The van der Waals surface area contributed by atoms with Gasteiger partial charge in [-0.05, 0) is 6.08 Å². The molecular formula is C8H14O6. The van der Waals surface area contributed by atoms with Gasteiger partial charge in [0.05, 0.1) is 13.5 Å². The molecule has 0 amide bonds. The van der Waals surface area contributed by atoms with E-state index in [1.807, 2.05) is 0 Å². The van der Waals surface area contributed by atoms with E-state index in [2.05, 4.69) is 0 Å². The van der Waals surface area contributed by atoms with Crippen molar-refractivity contribution in [2.75, 3.05) is 14.2 Å². The first-order chi connectivity index (χ1) is 6.33. The molecule has 0 saturated carbocycles. The number of methoxy groups -OCH3 is 2. The molecule has 0 aromatic heterocycles. The minimum absolute atomic E-state index is 0.164. The van der Waals surface area contributed by atoms with Gasteiger partial charge in [-0.2, -0.15) is 0 Å². The van der Waals surface area contributed by atoms with E-state index in [-0.39, 0.29) is 5.76 Å². The molecule has 0 aliphatic heterocycles. The van der Waals surface area contributed by atoms with Crippen LogP contribution < -0.4 is 0 Å². The minimum Gasteiger partial charge on any atom is -0.496 e. The SMILES string of the molecule is COC1=CC(OC)C(O)(O)CC1(O)O. The van der Waals surface area contributed by atoms with Gasteiger partial charge in [-0.3, -0.25) is 0 Å². The highest BCUT2D eigenvalue weighted by Gasteiger charge is 2.49. The standard InChI is InChI=1S/C8H14O6/c1-13-5-3-6(14-2)8(11,12)4-7(5,9)10/h3,5,9-12H,4H2,1-2H3. The summed E-state index contributed by atoms with van der Waals surface area (Å²) in [4.78, 5) is 0. The first-order valence-corrected chi connectivity index (χ1v) is 4.02. The van der Waals surface area contributed by atoms with Gasteiger partial charge in [0.25, 0.3) is 0 Å². The van der Waals surface area contributed by atoms with E-state index < -0.39 is 24.1 Å². The molecule has 4 N–H and O–H groups in total. The average molecular weight is 206 g/mol. The Balaban J connectivity index is 3.03. The summed E-state index contributed by atoms with van der Waals surface area (Å²) in [5.41, 5.74) is 0. The van der Waals surface area contributed by atoms with Crippen LogP contribution >= 0.6 is 0 Å². The number of rotatable bonds is 2. The van der Waals surface area contributed by atoms with Crippen LogP contribution in [-0.4, -0.2) is 52.3 Å². The van der Waals surface area contributed by atoms with Gasteiger partial charge in [0, 0.05) is 7.11 Å². The third kappa shape index (κ3) is 1.89. The summed E-state index contributed by atoms with van der Waals surface area (Å²) in [6.07, 6.45) is -0.633. The lowest BCUT2D eigenvalue weighted by molar-refractivity contribution is -0.290. The molecule has 0 aromatic rings. The molecule has 6 heteroatoms. The highest BCUT2D eigenvalue weighted by Crippen LogP contribution is 2.33. The molecule has 1 aliphatic rings. The van der Waals surface area contributed by atoms with Gasteiger partial charge in [0.2, 0.25) is 5.79 Å². The summed E-state index contributed by atoms with van der Waals surface area (Å²) >= 11 is 0. The second-order valence-electron chi connectivity index (χ2n) is 3.26. The van der Waals surface area contributed by atoms with Crippen LogP contribution in [0, 0.1) is 0 Å².